The van der Waals surface area contributed by atoms with Crippen molar-refractivity contribution in [1.29, 1.82) is 0 Å². The molecule has 0 bridgehead atoms. The molecule has 1 aliphatic heterocycles. The van der Waals surface area contributed by atoms with E-state index in [0.29, 0.717) is 46.4 Å². The number of thiazole rings is 1. The minimum atomic E-state index is -0.401. The number of fused-ring (bicyclic) bond motifs is 1. The van der Waals surface area contributed by atoms with Crippen molar-refractivity contribution in [2.75, 3.05) is 29.9 Å². The second kappa shape index (κ2) is 10.8. The quantitative estimate of drug-likeness (QED) is 0.459. The molecule has 0 spiro atoms. The van der Waals surface area contributed by atoms with Gasteiger partial charge in [-0.2, -0.15) is 4.98 Å². The first-order valence-corrected chi connectivity index (χ1v) is 12.5. The maximum absolute atomic E-state index is 13.0. The fourth-order valence-electron chi connectivity index (χ4n) is 3.98. The Bertz CT molecular complexity index is 1310. The Balaban J connectivity index is 1.42. The van der Waals surface area contributed by atoms with Gasteiger partial charge in [-0.25, -0.2) is 4.98 Å². The summed E-state index contributed by atoms with van der Waals surface area (Å²) >= 11 is 1.25. The highest BCUT2D eigenvalue weighted by Gasteiger charge is 2.26. The van der Waals surface area contributed by atoms with Crippen LogP contribution < -0.4 is 21.1 Å². The number of piperidine rings is 1. The number of amides is 2. The smallest absolute Gasteiger partial charge is 0.273 e. The number of hydrogen-bond donors (Lipinski definition) is 2. The van der Waals surface area contributed by atoms with E-state index in [1.54, 1.807) is 24.3 Å². The number of nitrogens with one attached hydrogen (secondary N) is 2. The summed E-state index contributed by atoms with van der Waals surface area (Å²) in [4.78, 5) is 60.2. The molecule has 1 fully saturated rings. The molecular formula is C24H28N6O4S. The van der Waals surface area contributed by atoms with Crippen LogP contribution in [0.25, 0.3) is 10.3 Å². The van der Waals surface area contributed by atoms with Crippen LogP contribution in [0, 0.1) is 5.92 Å². The van der Waals surface area contributed by atoms with Crippen molar-refractivity contribution in [2.24, 2.45) is 5.92 Å². The minimum absolute atomic E-state index is 0.00261. The Morgan fingerprint density at radius 3 is 2.69 bits per heavy atom. The topological polar surface area (TPSA) is 126 Å². The van der Waals surface area contributed by atoms with Crippen LogP contribution >= 0.6 is 11.3 Å². The molecule has 184 valence electrons. The van der Waals surface area contributed by atoms with Crippen LogP contribution in [0.1, 0.15) is 43.5 Å². The molecule has 35 heavy (non-hydrogen) atoms. The van der Waals surface area contributed by atoms with Crippen LogP contribution in [0.4, 0.5) is 10.8 Å². The third-order valence-electron chi connectivity index (χ3n) is 5.92. The third-order valence-corrected chi connectivity index (χ3v) is 7.02. The molecule has 1 saturated heterocycles. The molecule has 1 aliphatic rings. The number of carbonyl (C=O) groups excluding carboxylic acids is 3. The minimum Gasteiger partial charge on any atom is -0.356 e. The lowest BCUT2D eigenvalue weighted by Gasteiger charge is -2.30. The number of Topliss-reactive ketones (excluding diaryl/α,β-unsaturated/α-hetero) is 1. The predicted molar refractivity (Wildman–Crippen MR) is 135 cm³/mol. The second-order valence-corrected chi connectivity index (χ2v) is 9.54. The van der Waals surface area contributed by atoms with Gasteiger partial charge in [0.1, 0.15) is 17.6 Å². The Hall–Kier alpha value is -3.60. The highest BCUT2D eigenvalue weighted by atomic mass is 32.1. The lowest BCUT2D eigenvalue weighted by Crippen LogP contribution is -2.40. The third kappa shape index (κ3) is 5.73. The molecule has 3 aromatic rings. The number of rotatable bonds is 8. The van der Waals surface area contributed by atoms with Gasteiger partial charge in [0.25, 0.3) is 5.56 Å². The average Bonchev–Trinajstić information content (AvgIpc) is 3.30. The van der Waals surface area contributed by atoms with Gasteiger partial charge in [0.05, 0.1) is 0 Å². The molecule has 4 rings (SSSR count). The van der Waals surface area contributed by atoms with E-state index in [2.05, 4.69) is 25.5 Å². The molecular weight excluding hydrogens is 468 g/mol. The molecule has 2 N–H and O–H groups in total. The molecule has 0 unspecified atom stereocenters. The van der Waals surface area contributed by atoms with Gasteiger partial charge in [-0.1, -0.05) is 30.4 Å². The summed E-state index contributed by atoms with van der Waals surface area (Å²) in [6.45, 7) is 5.32. The molecule has 11 heteroatoms. The molecule has 1 aromatic carbocycles. The van der Waals surface area contributed by atoms with E-state index in [4.69, 9.17) is 0 Å². The van der Waals surface area contributed by atoms with Gasteiger partial charge < -0.3 is 15.5 Å². The van der Waals surface area contributed by atoms with Crippen LogP contribution in [0.15, 0.2) is 35.4 Å². The number of aromatic nitrogens is 3. The zero-order valence-electron chi connectivity index (χ0n) is 19.7. The monoisotopic (exact) mass is 496 g/mol. The Morgan fingerprint density at radius 2 is 1.97 bits per heavy atom. The molecule has 3 heterocycles. The van der Waals surface area contributed by atoms with E-state index >= 15 is 0 Å². The lowest BCUT2D eigenvalue weighted by molar-refractivity contribution is -0.125. The van der Waals surface area contributed by atoms with Crippen molar-refractivity contribution in [3.05, 3.63) is 46.5 Å². The summed E-state index contributed by atoms with van der Waals surface area (Å²) in [6.07, 6.45) is 3.70. The Morgan fingerprint density at radius 1 is 1.20 bits per heavy atom. The van der Waals surface area contributed by atoms with Crippen LogP contribution in [-0.2, 0) is 16.1 Å². The molecule has 0 atom stereocenters. The van der Waals surface area contributed by atoms with E-state index in [0.717, 1.165) is 19.3 Å². The molecule has 0 aliphatic carbocycles. The first-order valence-electron chi connectivity index (χ1n) is 11.6. The van der Waals surface area contributed by atoms with Gasteiger partial charge in [0, 0.05) is 36.8 Å². The fourth-order valence-corrected chi connectivity index (χ4v) is 5.00. The van der Waals surface area contributed by atoms with Crippen molar-refractivity contribution in [2.45, 2.75) is 39.7 Å². The predicted octanol–water partition coefficient (Wildman–Crippen LogP) is 2.44. The van der Waals surface area contributed by atoms with Crippen LogP contribution in [0.3, 0.4) is 0 Å². The lowest BCUT2D eigenvalue weighted by atomic mass is 9.96. The summed E-state index contributed by atoms with van der Waals surface area (Å²) in [5.74, 6) is -0.400. The SMILES string of the molecule is CCCNC(=O)C1CCN(c2nc3ncn(CC(=O)Nc4cccc(C(C)=O)c4)c(=O)c3s2)CC1. The standard InChI is InChI=1S/C24H28N6O4S/c1-3-9-25-22(33)16-7-10-29(11-8-16)24-28-21-20(35-24)23(34)30(14-26-21)13-19(32)27-18-6-4-5-17(12-18)15(2)31/h4-6,12,14,16H,3,7-11,13H2,1-2H3,(H,25,33)(H,27,32). The number of hydrogen-bond acceptors (Lipinski definition) is 8. The van der Waals surface area contributed by atoms with E-state index < -0.39 is 5.91 Å². The fraction of sp³-hybridized carbons (Fsp3) is 0.417. The van der Waals surface area contributed by atoms with Crippen LogP contribution in [-0.4, -0.2) is 51.8 Å². The molecule has 0 radical (unpaired) electrons. The maximum Gasteiger partial charge on any atom is 0.273 e. The van der Waals surface area contributed by atoms with Gasteiger partial charge in [-0.05, 0) is 38.3 Å². The first kappa shape index (κ1) is 24.5. The van der Waals surface area contributed by atoms with E-state index in [1.807, 2.05) is 6.92 Å². The number of nitrogens with zero attached hydrogens (tertiary/aromatic N) is 4. The second-order valence-electron chi connectivity index (χ2n) is 8.56. The molecule has 2 amide bonds. The Kier molecular flexibility index (Phi) is 7.54. The van der Waals surface area contributed by atoms with E-state index in [1.165, 1.54) is 29.2 Å². The normalized spacial score (nSPS) is 14.2. The van der Waals surface area contributed by atoms with Crippen molar-refractivity contribution in [3.63, 3.8) is 0 Å². The van der Waals surface area contributed by atoms with Gasteiger partial charge in [-0.15, -0.1) is 0 Å². The van der Waals surface area contributed by atoms with Gasteiger partial charge in [0.2, 0.25) is 11.8 Å². The van der Waals surface area contributed by atoms with E-state index in [-0.39, 0.29) is 29.7 Å². The van der Waals surface area contributed by atoms with Crippen molar-refractivity contribution < 1.29 is 14.4 Å². The summed E-state index contributed by atoms with van der Waals surface area (Å²) in [6, 6.07) is 6.63. The summed E-state index contributed by atoms with van der Waals surface area (Å²) < 4.78 is 1.63. The van der Waals surface area contributed by atoms with Crippen LogP contribution in [0.2, 0.25) is 0 Å². The first-order chi connectivity index (χ1) is 16.9. The summed E-state index contributed by atoms with van der Waals surface area (Å²) in [5.41, 5.74) is 0.992. The highest BCUT2D eigenvalue weighted by molar-refractivity contribution is 7.22. The maximum atomic E-state index is 13.0. The van der Waals surface area contributed by atoms with Gasteiger partial charge in [0.15, 0.2) is 16.6 Å². The average molecular weight is 497 g/mol. The molecule has 0 saturated carbocycles. The van der Waals surface area contributed by atoms with Gasteiger partial charge in [-0.3, -0.25) is 23.7 Å². The summed E-state index contributed by atoms with van der Waals surface area (Å²) in [5, 5.41) is 6.36. The largest absolute Gasteiger partial charge is 0.356 e. The number of benzene rings is 1. The molecule has 2 aromatic heterocycles. The van der Waals surface area contributed by atoms with Gasteiger partial charge >= 0.3 is 0 Å². The molecule has 10 nitrogen and oxygen atoms in total. The zero-order chi connectivity index (χ0) is 24.9. The van der Waals surface area contributed by atoms with E-state index in [9.17, 15) is 19.2 Å². The van der Waals surface area contributed by atoms with Crippen molar-refractivity contribution >= 4 is 50.1 Å². The highest BCUT2D eigenvalue weighted by Crippen LogP contribution is 2.29. The number of carbonyl (C=O) groups is 3. The zero-order valence-corrected chi connectivity index (χ0v) is 20.6. The number of anilines is 2. The Labute approximate surface area is 206 Å². The summed E-state index contributed by atoms with van der Waals surface area (Å²) in [7, 11) is 0. The van der Waals surface area contributed by atoms with Crippen molar-refractivity contribution in [1.82, 2.24) is 19.9 Å². The van der Waals surface area contributed by atoms with Crippen LogP contribution in [0.5, 0.6) is 0 Å². The number of ketones is 1. The van der Waals surface area contributed by atoms with Crippen molar-refractivity contribution in [3.8, 4) is 0 Å².